The molecule has 0 aliphatic rings. The maximum absolute atomic E-state index is 12.3. The van der Waals surface area contributed by atoms with Crippen molar-refractivity contribution in [3.05, 3.63) is 350 Å². The van der Waals surface area contributed by atoms with E-state index in [0.717, 1.165) is 76.6 Å². The third kappa shape index (κ3) is 41.4. The summed E-state index contributed by atoms with van der Waals surface area (Å²) in [6.07, 6.45) is 4.53. The van der Waals surface area contributed by atoms with Gasteiger partial charge in [-0.1, -0.05) is 394 Å². The van der Waals surface area contributed by atoms with Gasteiger partial charge in [-0.15, -0.1) is 0 Å². The highest BCUT2D eigenvalue weighted by atomic mass is 16.6. The predicted octanol–water partition coefficient (Wildman–Crippen LogP) is 33.8. The number of carbonyl (C=O) groups excluding carboxylic acids is 8. The molecule has 14 heteroatoms. The second kappa shape index (κ2) is 66.2. The molecule has 133 heavy (non-hydrogen) atoms. The maximum Gasteiger partial charge on any atom is 0.316 e. The van der Waals surface area contributed by atoms with Crippen molar-refractivity contribution in [3.63, 3.8) is 0 Å². The quantitative estimate of drug-likeness (QED) is 0.0282. The largest absolute Gasteiger partial charge is 0.426 e. The molecule has 12 aromatic rings. The molecular formula is C119H162O14. The molecule has 0 radical (unpaired) electrons. The zero-order valence-electron chi connectivity index (χ0n) is 72.4. The van der Waals surface area contributed by atoms with E-state index in [2.05, 4.69) is 24.3 Å². The van der Waals surface area contributed by atoms with Gasteiger partial charge in [0.2, 0.25) is 0 Å². The Morgan fingerprint density at radius 1 is 0.218 bits per heavy atom. The minimum atomic E-state index is -0.515. The summed E-state index contributed by atoms with van der Waals surface area (Å²) in [5.41, 5.74) is 9.51. The topological polar surface area (TPSA) is 192 Å². The first-order valence-electron chi connectivity index (χ1n) is 41.4. The number of para-hydroxylation sites is 2. The summed E-state index contributed by atoms with van der Waals surface area (Å²) in [5.74, 6) is 1.75. The second-order valence-electron chi connectivity index (χ2n) is 31.0. The van der Waals surface area contributed by atoms with Crippen LogP contribution >= 0.6 is 0 Å². The molecule has 0 amide bonds. The van der Waals surface area contributed by atoms with Crippen LogP contribution in [0.4, 0.5) is 0 Å². The van der Waals surface area contributed by atoms with E-state index in [1.807, 2.05) is 334 Å². The Hall–Kier alpha value is -13.2. The zero-order valence-corrected chi connectivity index (χ0v) is 72.4. The van der Waals surface area contributed by atoms with E-state index in [1.165, 1.54) is 0 Å². The summed E-state index contributed by atoms with van der Waals surface area (Å²) in [7, 11) is 0. The standard InChI is InChI=1S/C19H20O3.C18H18O3.2C18H20O2.2C17H18O2.12CH4/c1-4-19(2,3)18(21)22-16-12-10-15(11-13-16)17(20)14-8-6-5-7-9-14;1-3-13(2)18(20)21-16-11-9-15(10-12-16)17(19)14-7-5-4-6-8-14;1-4-18(2,3)17(19)20-16-13-9-8-12-15(16)14-10-6-5-7-11-14;1-4-18(2,3)17(19)20-16-12-10-15(11-13-16)14-8-6-5-7-9-14;1-3-13(2)17(18)19-16-12-8-7-11-15(16)14-9-5-4-6-10-14;1-3-13(2)17(18)19-16-11-9-15(10-12-16)14-7-5-4-6-8-14;;;;;;;;;;;;/h5-13H,4H2,1-3H3;4-13H,3H2,1-2H3;2*5-13H,4H2,1-3H3;2*4-13H,3H2,1-2H3;12*1H4. The van der Waals surface area contributed by atoms with Crippen LogP contribution in [0.15, 0.2) is 328 Å². The Labute approximate surface area is 803 Å². The van der Waals surface area contributed by atoms with Crippen molar-refractivity contribution in [1.82, 2.24) is 0 Å². The van der Waals surface area contributed by atoms with E-state index < -0.39 is 16.2 Å². The molecule has 3 unspecified atom stereocenters. The van der Waals surface area contributed by atoms with Gasteiger partial charge in [0.15, 0.2) is 11.6 Å². The number of ether oxygens (including phenoxy) is 6. The van der Waals surface area contributed by atoms with Crippen molar-refractivity contribution in [2.45, 2.75) is 232 Å². The van der Waals surface area contributed by atoms with Crippen LogP contribution in [0.2, 0.25) is 0 Å². The first-order chi connectivity index (χ1) is 58.0. The number of rotatable bonds is 26. The number of carbonyl (C=O) groups is 8. The van der Waals surface area contributed by atoms with Gasteiger partial charge in [0.25, 0.3) is 0 Å². The first kappa shape index (κ1) is 131. The van der Waals surface area contributed by atoms with E-state index in [1.54, 1.807) is 72.8 Å². The summed E-state index contributed by atoms with van der Waals surface area (Å²) < 4.78 is 32.5. The third-order valence-electron chi connectivity index (χ3n) is 20.8. The fourth-order valence-electron chi connectivity index (χ4n) is 10.7. The van der Waals surface area contributed by atoms with Gasteiger partial charge >= 0.3 is 35.8 Å². The van der Waals surface area contributed by atoms with Crippen molar-refractivity contribution in [3.8, 4) is 79.0 Å². The minimum absolute atomic E-state index is 0. The first-order valence-corrected chi connectivity index (χ1v) is 41.4. The summed E-state index contributed by atoms with van der Waals surface area (Å²) in [6, 6.07) is 102. The maximum atomic E-state index is 12.3. The molecular weight excluding hydrogens is 1650 g/mol. The van der Waals surface area contributed by atoms with Crippen LogP contribution in [0, 0.1) is 34.0 Å². The van der Waals surface area contributed by atoms with E-state index >= 15 is 0 Å². The lowest BCUT2D eigenvalue weighted by atomic mass is 9.90. The van der Waals surface area contributed by atoms with E-state index in [-0.39, 0.29) is 154 Å². The van der Waals surface area contributed by atoms with Gasteiger partial charge in [-0.25, -0.2) is 0 Å². The molecule has 0 spiro atoms. The van der Waals surface area contributed by atoms with E-state index in [4.69, 9.17) is 28.4 Å². The minimum Gasteiger partial charge on any atom is -0.426 e. The van der Waals surface area contributed by atoms with Gasteiger partial charge in [0.1, 0.15) is 34.5 Å². The second-order valence-corrected chi connectivity index (χ2v) is 31.0. The monoisotopic (exact) mass is 1820 g/mol. The lowest BCUT2D eigenvalue weighted by Gasteiger charge is -2.21. The molecule has 14 nitrogen and oxygen atoms in total. The summed E-state index contributed by atoms with van der Waals surface area (Å²) in [6.45, 7) is 28.7. The molecule has 0 aromatic heterocycles. The van der Waals surface area contributed by atoms with Crippen molar-refractivity contribution >= 4 is 47.4 Å². The molecule has 0 bridgehead atoms. The summed E-state index contributed by atoms with van der Waals surface area (Å²) in [4.78, 5) is 96.0. The molecule has 12 aromatic carbocycles. The SMILES string of the molecule is C.C.C.C.C.C.C.C.C.C.C.C.CCC(C)(C)C(=O)Oc1ccc(-c2ccccc2)cc1.CCC(C)(C)C(=O)Oc1ccc(C(=O)c2ccccc2)cc1.CCC(C)(C)C(=O)Oc1ccccc1-c1ccccc1.CCC(C)C(=O)Oc1ccc(-c2ccccc2)cc1.CCC(C)C(=O)Oc1ccc(C(=O)c2ccccc2)cc1.CCC(C)C(=O)Oc1ccccc1-c1ccccc1. The lowest BCUT2D eigenvalue weighted by molar-refractivity contribution is -0.144. The van der Waals surface area contributed by atoms with E-state index in [0.29, 0.717) is 63.2 Å². The number of esters is 6. The molecule has 0 aliphatic carbocycles. The average molecular weight is 1820 g/mol. The fourth-order valence-corrected chi connectivity index (χ4v) is 10.7. The van der Waals surface area contributed by atoms with Crippen LogP contribution in [0.3, 0.4) is 0 Å². The third-order valence-corrected chi connectivity index (χ3v) is 20.8. The Morgan fingerprint density at radius 2 is 0.414 bits per heavy atom. The highest BCUT2D eigenvalue weighted by Gasteiger charge is 2.31. The molecule has 0 saturated heterocycles. The molecule has 12 rings (SSSR count). The molecule has 3 atom stereocenters. The molecule has 0 fully saturated rings. The fraction of sp³-hybridized carbons (Fsp3) is 0.328. The average Bonchev–Trinajstić information content (AvgIpc) is 0.666. The number of ketones is 2. The Bertz CT molecular complexity index is 5200. The highest BCUT2D eigenvalue weighted by molar-refractivity contribution is 6.09. The van der Waals surface area contributed by atoms with Gasteiger partial charge in [-0.2, -0.15) is 0 Å². The van der Waals surface area contributed by atoms with Crippen molar-refractivity contribution < 1.29 is 66.8 Å². The smallest absolute Gasteiger partial charge is 0.316 e. The molecule has 0 saturated carbocycles. The van der Waals surface area contributed by atoms with Crippen LogP contribution in [-0.2, 0) is 28.8 Å². The van der Waals surface area contributed by atoms with Gasteiger partial charge in [0, 0.05) is 33.4 Å². The van der Waals surface area contributed by atoms with Crippen molar-refractivity contribution in [2.24, 2.45) is 34.0 Å². The van der Waals surface area contributed by atoms with Gasteiger partial charge < -0.3 is 28.4 Å². The van der Waals surface area contributed by atoms with Crippen LogP contribution in [0.5, 0.6) is 34.5 Å². The Kier molecular flexibility index (Phi) is 65.0. The highest BCUT2D eigenvalue weighted by Crippen LogP contribution is 2.35. The number of hydrogen-bond acceptors (Lipinski definition) is 14. The number of benzene rings is 12. The van der Waals surface area contributed by atoms with Gasteiger partial charge in [-0.05, 0) is 198 Å². The van der Waals surface area contributed by atoms with Crippen LogP contribution in [-0.4, -0.2) is 47.4 Å². The van der Waals surface area contributed by atoms with Gasteiger partial charge in [-0.3, -0.25) is 38.4 Å². The van der Waals surface area contributed by atoms with Crippen molar-refractivity contribution in [2.75, 3.05) is 0 Å². The van der Waals surface area contributed by atoms with Crippen LogP contribution in [0.25, 0.3) is 44.5 Å². The Balaban J connectivity index is -0.000000358. The van der Waals surface area contributed by atoms with Crippen LogP contribution < -0.4 is 28.4 Å². The molecule has 0 heterocycles. The summed E-state index contributed by atoms with van der Waals surface area (Å²) >= 11 is 0. The molecule has 722 valence electrons. The molecule has 0 N–H and O–H groups in total. The van der Waals surface area contributed by atoms with E-state index in [9.17, 15) is 38.4 Å². The zero-order chi connectivity index (χ0) is 87.9. The normalized spacial score (nSPS) is 10.4. The predicted molar refractivity (Wildman–Crippen MR) is 565 cm³/mol. The van der Waals surface area contributed by atoms with Crippen molar-refractivity contribution in [1.29, 1.82) is 0 Å². The molecule has 0 aliphatic heterocycles. The number of hydrogen-bond donors (Lipinski definition) is 0. The lowest BCUT2D eigenvalue weighted by Crippen LogP contribution is -2.28. The Morgan fingerprint density at radius 3 is 0.677 bits per heavy atom. The van der Waals surface area contributed by atoms with Crippen LogP contribution in [0.1, 0.15) is 263 Å². The summed E-state index contributed by atoms with van der Waals surface area (Å²) in [5, 5.41) is 0. The van der Waals surface area contributed by atoms with Gasteiger partial charge in [0.05, 0.1) is 34.0 Å².